The van der Waals surface area contributed by atoms with E-state index in [-0.39, 0.29) is 5.97 Å². The quantitative estimate of drug-likeness (QED) is 0.328. The highest BCUT2D eigenvalue weighted by Crippen LogP contribution is 2.08. The fraction of sp³-hybridized carbons (Fsp3) is 0.615. The van der Waals surface area contributed by atoms with Gasteiger partial charge in [0.25, 0.3) is 0 Å². The number of rotatable bonds is 9. The summed E-state index contributed by atoms with van der Waals surface area (Å²) in [5.74, 6) is -0.327. The van der Waals surface area contributed by atoms with Crippen molar-refractivity contribution < 1.29 is 9.53 Å². The first-order chi connectivity index (χ1) is 7.18. The van der Waals surface area contributed by atoms with Crippen molar-refractivity contribution >= 4 is 5.97 Å². The summed E-state index contributed by atoms with van der Waals surface area (Å²) in [5, 5.41) is 0. The van der Waals surface area contributed by atoms with Crippen molar-refractivity contribution in [2.24, 2.45) is 0 Å². The van der Waals surface area contributed by atoms with Crippen LogP contribution in [0.1, 0.15) is 51.9 Å². The predicted octanol–water partition coefficient (Wildman–Crippen LogP) is 3.83. The Morgan fingerprint density at radius 1 is 1.20 bits per heavy atom. The van der Waals surface area contributed by atoms with Gasteiger partial charge in [0.15, 0.2) is 0 Å². The van der Waals surface area contributed by atoms with Crippen LogP contribution in [0.25, 0.3) is 0 Å². The second-order valence-electron chi connectivity index (χ2n) is 3.76. The van der Waals surface area contributed by atoms with E-state index in [1.807, 2.05) is 0 Å². The molecular weight excluding hydrogens is 188 g/mol. The Bertz CT molecular complexity index is 185. The van der Waals surface area contributed by atoms with Crippen molar-refractivity contribution in [3.05, 3.63) is 25.7 Å². The van der Waals surface area contributed by atoms with Crippen molar-refractivity contribution in [3.63, 3.8) is 0 Å². The Morgan fingerprint density at radius 3 is 2.40 bits per heavy atom. The highest BCUT2D eigenvalue weighted by Gasteiger charge is 2.02. The zero-order chi connectivity index (χ0) is 11.5. The molecule has 0 bridgehead atoms. The lowest BCUT2D eigenvalue weighted by Crippen LogP contribution is -2.02. The van der Waals surface area contributed by atoms with Gasteiger partial charge in [0.2, 0.25) is 0 Å². The van der Waals surface area contributed by atoms with Crippen LogP contribution in [0.2, 0.25) is 0 Å². The number of unbranched alkanes of at least 4 members (excludes halogenated alkanes) is 6. The molecule has 0 rings (SSSR count). The summed E-state index contributed by atoms with van der Waals surface area (Å²) in [7, 11) is 0. The monoisotopic (exact) mass is 210 g/mol. The summed E-state index contributed by atoms with van der Waals surface area (Å²) >= 11 is 0. The molecule has 0 N–H and O–H groups in total. The molecule has 0 spiro atoms. The minimum absolute atomic E-state index is 0.327. The molecule has 2 heteroatoms. The molecule has 0 saturated heterocycles. The molecular formula is C13H22O2. The van der Waals surface area contributed by atoms with E-state index >= 15 is 0 Å². The molecule has 0 unspecified atom stereocenters. The first kappa shape index (κ1) is 14.2. The minimum atomic E-state index is -0.327. The van der Waals surface area contributed by atoms with E-state index in [0.717, 1.165) is 19.3 Å². The zero-order valence-electron chi connectivity index (χ0n) is 9.76. The first-order valence-corrected chi connectivity index (χ1v) is 5.66. The Morgan fingerprint density at radius 2 is 1.80 bits per heavy atom. The smallest absolute Gasteiger partial charge is 0.333 e. The SMILES string of the molecule is [CH2]CCCCCCC[CH]OC(=O)C(=C)C. The molecule has 15 heavy (non-hydrogen) atoms. The Labute approximate surface area is 93.7 Å². The maximum atomic E-state index is 11.0. The second kappa shape index (κ2) is 9.75. The third kappa shape index (κ3) is 9.51. The van der Waals surface area contributed by atoms with Gasteiger partial charge in [-0.15, -0.1) is 0 Å². The Balaban J connectivity index is 3.11. The van der Waals surface area contributed by atoms with Crippen LogP contribution in [0.15, 0.2) is 12.2 Å². The van der Waals surface area contributed by atoms with Crippen LogP contribution in [-0.2, 0) is 9.53 Å². The molecule has 0 heterocycles. The van der Waals surface area contributed by atoms with Gasteiger partial charge in [0, 0.05) is 5.57 Å². The van der Waals surface area contributed by atoms with Crippen LogP contribution >= 0.6 is 0 Å². The van der Waals surface area contributed by atoms with Gasteiger partial charge in [-0.25, -0.2) is 4.79 Å². The zero-order valence-corrected chi connectivity index (χ0v) is 9.76. The molecule has 0 aliphatic rings. The number of carbonyl (C=O) groups is 1. The second-order valence-corrected chi connectivity index (χ2v) is 3.76. The van der Waals surface area contributed by atoms with Crippen molar-refractivity contribution in [1.29, 1.82) is 0 Å². The fourth-order valence-electron chi connectivity index (χ4n) is 1.17. The molecule has 0 atom stereocenters. The van der Waals surface area contributed by atoms with Crippen LogP contribution < -0.4 is 0 Å². The van der Waals surface area contributed by atoms with Crippen LogP contribution in [0.3, 0.4) is 0 Å². The topological polar surface area (TPSA) is 26.3 Å². The van der Waals surface area contributed by atoms with Crippen molar-refractivity contribution in [3.8, 4) is 0 Å². The van der Waals surface area contributed by atoms with Gasteiger partial charge in [-0.2, -0.15) is 0 Å². The van der Waals surface area contributed by atoms with Gasteiger partial charge < -0.3 is 4.74 Å². The van der Waals surface area contributed by atoms with E-state index < -0.39 is 0 Å². The predicted molar refractivity (Wildman–Crippen MR) is 62.9 cm³/mol. The molecule has 0 saturated carbocycles. The fourth-order valence-corrected chi connectivity index (χ4v) is 1.17. The highest BCUT2D eigenvalue weighted by molar-refractivity contribution is 5.87. The number of carbonyl (C=O) groups excluding carboxylic acids is 1. The number of hydrogen-bond acceptors (Lipinski definition) is 2. The highest BCUT2D eigenvalue weighted by atomic mass is 16.5. The van der Waals surface area contributed by atoms with Gasteiger partial charge in [-0.05, 0) is 19.8 Å². The Kier molecular flexibility index (Phi) is 9.24. The maximum Gasteiger partial charge on any atom is 0.333 e. The molecule has 0 aliphatic heterocycles. The number of hydrogen-bond donors (Lipinski definition) is 0. The van der Waals surface area contributed by atoms with Gasteiger partial charge >= 0.3 is 5.97 Å². The van der Waals surface area contributed by atoms with Gasteiger partial charge in [-0.1, -0.05) is 45.6 Å². The van der Waals surface area contributed by atoms with E-state index in [1.54, 1.807) is 13.5 Å². The van der Waals surface area contributed by atoms with Crippen LogP contribution in [-0.4, -0.2) is 5.97 Å². The molecule has 2 nitrogen and oxygen atoms in total. The molecule has 0 aromatic rings. The van der Waals surface area contributed by atoms with Gasteiger partial charge in [0.05, 0.1) is 0 Å². The minimum Gasteiger partial charge on any atom is -0.455 e. The summed E-state index contributed by atoms with van der Waals surface area (Å²) in [4.78, 5) is 11.0. The summed E-state index contributed by atoms with van der Waals surface area (Å²) in [6.45, 7) is 10.5. The van der Waals surface area contributed by atoms with Crippen molar-refractivity contribution in [1.82, 2.24) is 0 Å². The molecule has 86 valence electrons. The van der Waals surface area contributed by atoms with Crippen molar-refractivity contribution in [2.45, 2.75) is 51.9 Å². The lowest BCUT2D eigenvalue weighted by Gasteiger charge is -2.03. The van der Waals surface area contributed by atoms with Crippen LogP contribution in [0, 0.1) is 13.5 Å². The van der Waals surface area contributed by atoms with Crippen LogP contribution in [0.4, 0.5) is 0 Å². The summed E-state index contributed by atoms with van der Waals surface area (Å²) in [5.41, 5.74) is 0.446. The largest absolute Gasteiger partial charge is 0.455 e. The molecule has 0 aliphatic carbocycles. The first-order valence-electron chi connectivity index (χ1n) is 5.66. The molecule has 0 fully saturated rings. The lowest BCUT2D eigenvalue weighted by atomic mass is 10.1. The Hall–Kier alpha value is -0.790. The van der Waals surface area contributed by atoms with E-state index in [2.05, 4.69) is 13.5 Å². The molecule has 2 radical (unpaired) electrons. The number of ether oxygens (including phenoxy) is 1. The molecule has 0 aromatic heterocycles. The van der Waals surface area contributed by atoms with E-state index in [4.69, 9.17) is 4.74 Å². The lowest BCUT2D eigenvalue weighted by molar-refractivity contribution is -0.135. The third-order valence-corrected chi connectivity index (χ3v) is 2.11. The molecule has 0 aromatic carbocycles. The van der Waals surface area contributed by atoms with E-state index in [0.29, 0.717) is 5.57 Å². The standard InChI is InChI=1S/C13H22O2/c1-4-5-6-7-8-9-10-11-15-13(14)12(2)3/h11H,1-2,4-10H2,3H3. The van der Waals surface area contributed by atoms with Gasteiger partial charge in [0.1, 0.15) is 6.61 Å². The normalized spacial score (nSPS) is 10.0. The van der Waals surface area contributed by atoms with Crippen molar-refractivity contribution in [2.75, 3.05) is 0 Å². The average molecular weight is 210 g/mol. The third-order valence-electron chi connectivity index (χ3n) is 2.11. The average Bonchev–Trinajstić information content (AvgIpc) is 2.21. The van der Waals surface area contributed by atoms with E-state index in [9.17, 15) is 4.79 Å². The summed E-state index contributed by atoms with van der Waals surface area (Å²) in [6, 6.07) is 0. The number of esters is 1. The maximum absolute atomic E-state index is 11.0. The van der Waals surface area contributed by atoms with Gasteiger partial charge in [-0.3, -0.25) is 0 Å². The van der Waals surface area contributed by atoms with E-state index in [1.165, 1.54) is 25.7 Å². The van der Waals surface area contributed by atoms with Crippen LogP contribution in [0.5, 0.6) is 0 Å². The summed E-state index contributed by atoms with van der Waals surface area (Å²) < 4.78 is 4.86. The molecule has 0 amide bonds. The summed E-state index contributed by atoms with van der Waals surface area (Å²) in [6.07, 6.45) is 7.87.